The lowest BCUT2D eigenvalue weighted by Crippen LogP contribution is -2.30. The summed E-state index contributed by atoms with van der Waals surface area (Å²) in [6, 6.07) is 12.6. The molecule has 1 amide bonds. The third kappa shape index (κ3) is 3.26. The third-order valence-electron chi connectivity index (χ3n) is 3.94. The van der Waals surface area contributed by atoms with Gasteiger partial charge in [0, 0.05) is 19.2 Å². The summed E-state index contributed by atoms with van der Waals surface area (Å²) in [7, 11) is 1.61. The molecule has 7 nitrogen and oxygen atoms in total. The summed E-state index contributed by atoms with van der Waals surface area (Å²) in [5.41, 5.74) is 0.937. The molecule has 3 aromatic rings. The summed E-state index contributed by atoms with van der Waals surface area (Å²) in [6.45, 7) is 5.11. The number of benzene rings is 1. The quantitative estimate of drug-likeness (QED) is 0.690. The van der Waals surface area contributed by atoms with Gasteiger partial charge in [0.25, 0.3) is 5.91 Å². The standard InChI is InChI=1S/C18H20N4O3/c1-4-21(5-2)18(23)17-15-7-6-8-16(22(15)20-19-17)25-14-11-9-13(24-3)10-12-14/h6-12H,4-5H2,1-3H3. The molecule has 130 valence electrons. The lowest BCUT2D eigenvalue weighted by Gasteiger charge is -2.16. The van der Waals surface area contributed by atoms with Crippen LogP contribution in [-0.4, -0.2) is 45.8 Å². The molecule has 7 heteroatoms. The second kappa shape index (κ2) is 7.21. The molecule has 0 aliphatic rings. The maximum Gasteiger partial charge on any atom is 0.276 e. The number of carbonyl (C=O) groups is 1. The Hall–Kier alpha value is -3.09. The fourth-order valence-electron chi connectivity index (χ4n) is 2.55. The van der Waals surface area contributed by atoms with E-state index >= 15 is 0 Å². The van der Waals surface area contributed by atoms with Crippen molar-refractivity contribution in [1.29, 1.82) is 0 Å². The van der Waals surface area contributed by atoms with Crippen molar-refractivity contribution in [1.82, 2.24) is 19.7 Å². The van der Waals surface area contributed by atoms with Crippen molar-refractivity contribution in [2.75, 3.05) is 20.2 Å². The fraction of sp³-hybridized carbons (Fsp3) is 0.278. The summed E-state index contributed by atoms with van der Waals surface area (Å²) in [6.07, 6.45) is 0. The molecule has 0 radical (unpaired) electrons. The summed E-state index contributed by atoms with van der Waals surface area (Å²) in [5, 5.41) is 8.15. The van der Waals surface area contributed by atoms with Gasteiger partial charge in [0.15, 0.2) is 5.69 Å². The second-order valence-electron chi connectivity index (χ2n) is 5.35. The molecule has 3 rings (SSSR count). The van der Waals surface area contributed by atoms with E-state index in [9.17, 15) is 4.79 Å². The second-order valence-corrected chi connectivity index (χ2v) is 5.35. The molecule has 0 aliphatic heterocycles. The van der Waals surface area contributed by atoms with Gasteiger partial charge in [-0.15, -0.1) is 5.10 Å². The highest BCUT2D eigenvalue weighted by Crippen LogP contribution is 2.25. The van der Waals surface area contributed by atoms with Crippen LogP contribution in [0.4, 0.5) is 0 Å². The molecule has 0 saturated carbocycles. The number of nitrogens with zero attached hydrogens (tertiary/aromatic N) is 4. The van der Waals surface area contributed by atoms with Crippen LogP contribution in [-0.2, 0) is 0 Å². The molecule has 0 atom stereocenters. The van der Waals surface area contributed by atoms with Gasteiger partial charge in [-0.3, -0.25) is 4.79 Å². The van der Waals surface area contributed by atoms with E-state index in [-0.39, 0.29) is 5.91 Å². The number of aromatic nitrogens is 3. The number of fused-ring (bicyclic) bond motifs is 1. The van der Waals surface area contributed by atoms with Crippen LogP contribution in [0.1, 0.15) is 24.3 Å². The van der Waals surface area contributed by atoms with Gasteiger partial charge in [-0.25, -0.2) is 0 Å². The molecule has 0 unspecified atom stereocenters. The number of amides is 1. The Morgan fingerprint density at radius 1 is 1.08 bits per heavy atom. The van der Waals surface area contributed by atoms with E-state index < -0.39 is 0 Å². The van der Waals surface area contributed by atoms with Gasteiger partial charge < -0.3 is 14.4 Å². The van der Waals surface area contributed by atoms with Crippen molar-refractivity contribution in [3.05, 3.63) is 48.2 Å². The van der Waals surface area contributed by atoms with Crippen LogP contribution in [0.5, 0.6) is 17.4 Å². The van der Waals surface area contributed by atoms with E-state index in [0.29, 0.717) is 35.9 Å². The van der Waals surface area contributed by atoms with Gasteiger partial charge in [-0.1, -0.05) is 11.3 Å². The van der Waals surface area contributed by atoms with E-state index in [2.05, 4.69) is 10.3 Å². The minimum Gasteiger partial charge on any atom is -0.497 e. The van der Waals surface area contributed by atoms with Gasteiger partial charge >= 0.3 is 0 Å². The minimum atomic E-state index is -0.137. The number of hydrogen-bond acceptors (Lipinski definition) is 5. The van der Waals surface area contributed by atoms with Crippen molar-refractivity contribution in [3.8, 4) is 17.4 Å². The number of ether oxygens (including phenoxy) is 2. The molecule has 0 bridgehead atoms. The van der Waals surface area contributed by atoms with Crippen molar-refractivity contribution in [3.63, 3.8) is 0 Å². The Kier molecular flexibility index (Phi) is 4.83. The zero-order valence-electron chi connectivity index (χ0n) is 14.5. The Balaban J connectivity index is 1.94. The van der Waals surface area contributed by atoms with Gasteiger partial charge in [0.1, 0.15) is 17.0 Å². The van der Waals surface area contributed by atoms with Crippen molar-refractivity contribution in [2.45, 2.75) is 13.8 Å². The first-order valence-electron chi connectivity index (χ1n) is 8.13. The van der Waals surface area contributed by atoms with E-state index in [0.717, 1.165) is 5.75 Å². The Bertz CT molecular complexity index is 870. The van der Waals surface area contributed by atoms with Crippen LogP contribution < -0.4 is 9.47 Å². The molecular weight excluding hydrogens is 320 g/mol. The van der Waals surface area contributed by atoms with Crippen molar-refractivity contribution >= 4 is 11.4 Å². The van der Waals surface area contributed by atoms with E-state index in [4.69, 9.17) is 9.47 Å². The number of carbonyl (C=O) groups excluding carboxylic acids is 1. The topological polar surface area (TPSA) is 69.0 Å². The van der Waals surface area contributed by atoms with Crippen molar-refractivity contribution < 1.29 is 14.3 Å². The predicted octanol–water partition coefficient (Wildman–Crippen LogP) is 3.01. The summed E-state index contributed by atoms with van der Waals surface area (Å²) in [4.78, 5) is 14.3. The third-order valence-corrected chi connectivity index (χ3v) is 3.94. The Morgan fingerprint density at radius 2 is 1.76 bits per heavy atom. The number of rotatable bonds is 6. The minimum absolute atomic E-state index is 0.137. The molecule has 25 heavy (non-hydrogen) atoms. The molecule has 1 aromatic carbocycles. The number of pyridine rings is 1. The zero-order valence-corrected chi connectivity index (χ0v) is 14.5. The first-order chi connectivity index (χ1) is 12.2. The zero-order chi connectivity index (χ0) is 17.8. The Labute approximate surface area is 145 Å². The smallest absolute Gasteiger partial charge is 0.276 e. The highest BCUT2D eigenvalue weighted by Gasteiger charge is 2.20. The largest absolute Gasteiger partial charge is 0.497 e. The van der Waals surface area contributed by atoms with Crippen LogP contribution in [0.3, 0.4) is 0 Å². The first kappa shape index (κ1) is 16.8. The lowest BCUT2D eigenvalue weighted by molar-refractivity contribution is 0.0769. The average Bonchev–Trinajstić information content (AvgIpc) is 3.08. The van der Waals surface area contributed by atoms with Crippen molar-refractivity contribution in [2.24, 2.45) is 0 Å². The molecular formula is C18H20N4O3. The molecule has 0 fully saturated rings. The molecule has 0 aliphatic carbocycles. The number of hydrogen-bond donors (Lipinski definition) is 0. The van der Waals surface area contributed by atoms with Crippen LogP contribution in [0.25, 0.3) is 5.52 Å². The first-order valence-corrected chi connectivity index (χ1v) is 8.13. The fourth-order valence-corrected chi connectivity index (χ4v) is 2.55. The maximum atomic E-state index is 12.6. The van der Waals surface area contributed by atoms with Crippen LogP contribution in [0.15, 0.2) is 42.5 Å². The molecule has 0 saturated heterocycles. The number of methoxy groups -OCH3 is 1. The van der Waals surface area contributed by atoms with Gasteiger partial charge in [-0.2, -0.15) is 4.52 Å². The normalized spacial score (nSPS) is 10.7. The summed E-state index contributed by atoms with van der Waals surface area (Å²) < 4.78 is 12.5. The van der Waals surface area contributed by atoms with Gasteiger partial charge in [0.05, 0.1) is 7.11 Å². The maximum absolute atomic E-state index is 12.6. The van der Waals surface area contributed by atoms with Gasteiger partial charge in [-0.05, 0) is 44.2 Å². The van der Waals surface area contributed by atoms with E-state index in [1.165, 1.54) is 4.52 Å². The molecule has 2 aromatic heterocycles. The monoisotopic (exact) mass is 340 g/mol. The SMILES string of the molecule is CCN(CC)C(=O)c1nnn2c(Oc3ccc(OC)cc3)cccc12. The summed E-state index contributed by atoms with van der Waals surface area (Å²) in [5.74, 6) is 1.73. The van der Waals surface area contributed by atoms with Gasteiger partial charge in [0.2, 0.25) is 5.88 Å². The van der Waals surface area contributed by atoms with Crippen LogP contribution in [0, 0.1) is 0 Å². The van der Waals surface area contributed by atoms with E-state index in [1.807, 2.05) is 32.0 Å². The highest BCUT2D eigenvalue weighted by molar-refractivity contribution is 5.98. The molecule has 0 spiro atoms. The van der Waals surface area contributed by atoms with Crippen LogP contribution in [0.2, 0.25) is 0 Å². The predicted molar refractivity (Wildman–Crippen MR) is 93.3 cm³/mol. The summed E-state index contributed by atoms with van der Waals surface area (Å²) >= 11 is 0. The van der Waals surface area contributed by atoms with Crippen LogP contribution >= 0.6 is 0 Å². The lowest BCUT2D eigenvalue weighted by atomic mass is 10.3. The van der Waals surface area contributed by atoms with E-state index in [1.54, 1.807) is 36.3 Å². The molecule has 0 N–H and O–H groups in total. The average molecular weight is 340 g/mol. The Morgan fingerprint density at radius 3 is 2.40 bits per heavy atom. The molecule has 2 heterocycles. The highest BCUT2D eigenvalue weighted by atomic mass is 16.5.